The summed E-state index contributed by atoms with van der Waals surface area (Å²) in [4.78, 5) is 12.9. The molecule has 30 heavy (non-hydrogen) atoms. The van der Waals surface area contributed by atoms with Gasteiger partial charge in [0, 0.05) is 12.1 Å². The molecular weight excluding hydrogens is 391 g/mol. The van der Waals surface area contributed by atoms with Gasteiger partial charge < -0.3 is 10.1 Å². The second kappa shape index (κ2) is 9.31. The van der Waals surface area contributed by atoms with E-state index in [0.29, 0.717) is 22.4 Å². The maximum absolute atomic E-state index is 12.9. The molecular formula is C24H20F3NO2. The van der Waals surface area contributed by atoms with Gasteiger partial charge in [-0.1, -0.05) is 54.6 Å². The second-order valence-electron chi connectivity index (χ2n) is 6.58. The third-order valence-corrected chi connectivity index (χ3v) is 4.46. The summed E-state index contributed by atoms with van der Waals surface area (Å²) in [6, 6.07) is 21.2. The summed E-state index contributed by atoms with van der Waals surface area (Å²) < 4.78 is 43.9. The number of hydrogen-bond donors (Lipinski definition) is 1. The number of benzene rings is 3. The number of nitrogens with one attached hydrogen (secondary N) is 1. The molecule has 0 radical (unpaired) electrons. The first-order valence-electron chi connectivity index (χ1n) is 9.22. The van der Waals surface area contributed by atoms with Crippen molar-refractivity contribution in [3.05, 3.63) is 101 Å². The zero-order valence-corrected chi connectivity index (χ0v) is 16.2. The van der Waals surface area contributed by atoms with Crippen molar-refractivity contribution in [1.29, 1.82) is 0 Å². The van der Waals surface area contributed by atoms with Gasteiger partial charge in [0.15, 0.2) is 0 Å². The van der Waals surface area contributed by atoms with Crippen LogP contribution in [-0.4, -0.2) is 13.0 Å². The molecule has 0 unspecified atom stereocenters. The van der Waals surface area contributed by atoms with Gasteiger partial charge in [0.1, 0.15) is 5.75 Å². The summed E-state index contributed by atoms with van der Waals surface area (Å²) in [6.07, 6.45) is -2.69. The Bertz CT molecular complexity index is 1030. The normalized spacial score (nSPS) is 11.8. The summed E-state index contributed by atoms with van der Waals surface area (Å²) in [6.45, 7) is -0.0183. The molecule has 3 aromatic rings. The third-order valence-electron chi connectivity index (χ3n) is 4.46. The SMILES string of the molecule is COc1ccc(/C=C(/C(=O)NCc2cccc(C(F)(F)F)c2)c2ccccc2)cc1. The van der Waals surface area contributed by atoms with E-state index in [2.05, 4.69) is 5.32 Å². The number of alkyl halides is 3. The van der Waals surface area contributed by atoms with Crippen LogP contribution in [0.15, 0.2) is 78.9 Å². The van der Waals surface area contributed by atoms with E-state index in [1.54, 1.807) is 43.5 Å². The van der Waals surface area contributed by atoms with Crippen LogP contribution in [0.5, 0.6) is 5.75 Å². The summed E-state index contributed by atoms with van der Waals surface area (Å²) in [5, 5.41) is 2.72. The fourth-order valence-corrected chi connectivity index (χ4v) is 2.90. The number of amides is 1. The lowest BCUT2D eigenvalue weighted by Crippen LogP contribution is -2.24. The fourth-order valence-electron chi connectivity index (χ4n) is 2.90. The Hall–Kier alpha value is -3.54. The zero-order valence-electron chi connectivity index (χ0n) is 16.2. The lowest BCUT2D eigenvalue weighted by Gasteiger charge is -2.12. The number of hydrogen-bond acceptors (Lipinski definition) is 2. The van der Waals surface area contributed by atoms with Crippen molar-refractivity contribution >= 4 is 17.6 Å². The highest BCUT2D eigenvalue weighted by Gasteiger charge is 2.30. The van der Waals surface area contributed by atoms with Crippen molar-refractivity contribution in [1.82, 2.24) is 5.32 Å². The van der Waals surface area contributed by atoms with Crippen LogP contribution in [0.2, 0.25) is 0 Å². The van der Waals surface area contributed by atoms with Gasteiger partial charge in [-0.15, -0.1) is 0 Å². The van der Waals surface area contributed by atoms with Crippen LogP contribution in [0.1, 0.15) is 22.3 Å². The molecule has 0 aliphatic carbocycles. The van der Waals surface area contributed by atoms with E-state index in [1.807, 2.05) is 30.3 Å². The standard InChI is InChI=1S/C24H20F3NO2/c1-30-21-12-10-17(11-13-21)15-22(19-7-3-2-4-8-19)23(29)28-16-18-6-5-9-20(14-18)24(25,26)27/h2-15H,16H2,1H3,(H,28,29)/b22-15+. The average Bonchev–Trinajstić information content (AvgIpc) is 2.76. The number of halogens is 3. The molecule has 0 spiro atoms. The van der Waals surface area contributed by atoms with Gasteiger partial charge in [-0.2, -0.15) is 13.2 Å². The van der Waals surface area contributed by atoms with Crippen LogP contribution in [0, 0.1) is 0 Å². The van der Waals surface area contributed by atoms with Crippen molar-refractivity contribution in [3.63, 3.8) is 0 Å². The first-order chi connectivity index (χ1) is 14.4. The molecule has 0 saturated heterocycles. The van der Waals surface area contributed by atoms with Crippen molar-refractivity contribution in [2.24, 2.45) is 0 Å². The van der Waals surface area contributed by atoms with E-state index >= 15 is 0 Å². The van der Waals surface area contributed by atoms with Gasteiger partial charge >= 0.3 is 6.18 Å². The Balaban J connectivity index is 1.83. The van der Waals surface area contributed by atoms with Crippen molar-refractivity contribution in [3.8, 4) is 5.75 Å². The van der Waals surface area contributed by atoms with Gasteiger partial charge in [0.25, 0.3) is 5.91 Å². The fraction of sp³-hybridized carbons (Fsp3) is 0.125. The summed E-state index contributed by atoms with van der Waals surface area (Å²) >= 11 is 0. The zero-order chi connectivity index (χ0) is 21.6. The number of rotatable bonds is 6. The highest BCUT2D eigenvalue weighted by molar-refractivity contribution is 6.24. The minimum absolute atomic E-state index is 0.0183. The molecule has 0 heterocycles. The van der Waals surface area contributed by atoms with Crippen LogP contribution in [0.4, 0.5) is 13.2 Å². The topological polar surface area (TPSA) is 38.3 Å². The third kappa shape index (κ3) is 5.50. The molecule has 3 aromatic carbocycles. The smallest absolute Gasteiger partial charge is 0.416 e. The van der Waals surface area contributed by atoms with Gasteiger partial charge in [0.2, 0.25) is 0 Å². The number of ether oxygens (including phenoxy) is 1. The van der Waals surface area contributed by atoms with Crippen LogP contribution in [0.3, 0.4) is 0 Å². The summed E-state index contributed by atoms with van der Waals surface area (Å²) in [7, 11) is 1.57. The molecule has 0 aromatic heterocycles. The molecule has 0 aliphatic heterocycles. The van der Waals surface area contributed by atoms with Crippen molar-refractivity contribution in [2.75, 3.05) is 7.11 Å². The predicted molar refractivity (Wildman–Crippen MR) is 111 cm³/mol. The van der Waals surface area contributed by atoms with Crippen LogP contribution in [0.25, 0.3) is 11.6 Å². The molecule has 0 atom stereocenters. The van der Waals surface area contributed by atoms with Gasteiger partial charge in [-0.25, -0.2) is 0 Å². The maximum Gasteiger partial charge on any atom is 0.416 e. The molecule has 154 valence electrons. The van der Waals surface area contributed by atoms with E-state index in [0.717, 1.165) is 17.7 Å². The minimum Gasteiger partial charge on any atom is -0.497 e. The van der Waals surface area contributed by atoms with E-state index in [1.165, 1.54) is 6.07 Å². The molecule has 0 fully saturated rings. The largest absolute Gasteiger partial charge is 0.497 e. The molecule has 3 rings (SSSR count). The molecule has 0 bridgehead atoms. The van der Waals surface area contributed by atoms with Crippen LogP contribution < -0.4 is 10.1 Å². The van der Waals surface area contributed by atoms with E-state index in [4.69, 9.17) is 4.74 Å². The molecule has 1 amide bonds. The van der Waals surface area contributed by atoms with Crippen molar-refractivity contribution < 1.29 is 22.7 Å². The van der Waals surface area contributed by atoms with Gasteiger partial charge in [0.05, 0.1) is 12.7 Å². The minimum atomic E-state index is -4.43. The molecule has 0 saturated carbocycles. The first-order valence-corrected chi connectivity index (χ1v) is 9.22. The Morgan fingerprint density at radius 2 is 1.67 bits per heavy atom. The lowest BCUT2D eigenvalue weighted by atomic mass is 10.0. The molecule has 6 heteroatoms. The Kier molecular flexibility index (Phi) is 6.57. The molecule has 0 aliphatic rings. The van der Waals surface area contributed by atoms with Crippen LogP contribution >= 0.6 is 0 Å². The highest BCUT2D eigenvalue weighted by atomic mass is 19.4. The number of carbonyl (C=O) groups is 1. The number of methoxy groups -OCH3 is 1. The predicted octanol–water partition coefficient (Wildman–Crippen LogP) is 5.57. The quantitative estimate of drug-likeness (QED) is 0.425. The monoisotopic (exact) mass is 411 g/mol. The molecule has 3 nitrogen and oxygen atoms in total. The number of carbonyl (C=O) groups excluding carboxylic acids is 1. The van der Waals surface area contributed by atoms with Crippen LogP contribution in [-0.2, 0) is 17.5 Å². The first kappa shape index (κ1) is 21.2. The van der Waals surface area contributed by atoms with E-state index < -0.39 is 11.7 Å². The Morgan fingerprint density at radius 3 is 2.30 bits per heavy atom. The maximum atomic E-state index is 12.9. The Labute approximate surface area is 172 Å². The lowest BCUT2D eigenvalue weighted by molar-refractivity contribution is -0.137. The summed E-state index contributed by atoms with van der Waals surface area (Å²) in [5.74, 6) is 0.317. The highest BCUT2D eigenvalue weighted by Crippen LogP contribution is 2.29. The summed E-state index contributed by atoms with van der Waals surface area (Å²) in [5.41, 5.74) is 1.54. The van der Waals surface area contributed by atoms with E-state index in [9.17, 15) is 18.0 Å². The molecule has 1 N–H and O–H groups in total. The van der Waals surface area contributed by atoms with E-state index in [-0.39, 0.29) is 12.5 Å². The van der Waals surface area contributed by atoms with Gasteiger partial charge in [-0.05, 0) is 47.0 Å². The van der Waals surface area contributed by atoms with Gasteiger partial charge in [-0.3, -0.25) is 4.79 Å². The average molecular weight is 411 g/mol. The second-order valence-corrected chi connectivity index (χ2v) is 6.58. The Morgan fingerprint density at radius 1 is 0.967 bits per heavy atom. The van der Waals surface area contributed by atoms with Crippen molar-refractivity contribution in [2.45, 2.75) is 12.7 Å².